The number of hydrogen-bond acceptors (Lipinski definition) is 1. The summed E-state index contributed by atoms with van der Waals surface area (Å²) < 4.78 is 0. The van der Waals surface area contributed by atoms with Crippen molar-refractivity contribution in [2.24, 2.45) is 5.92 Å². The molecule has 0 spiro atoms. The van der Waals surface area contributed by atoms with Gasteiger partial charge in [0.1, 0.15) is 0 Å². The molecule has 1 fully saturated rings. The summed E-state index contributed by atoms with van der Waals surface area (Å²) in [5, 5.41) is 6.93. The van der Waals surface area contributed by atoms with Crippen LogP contribution in [0.4, 0.5) is 0 Å². The molecule has 0 bridgehead atoms. The standard InChI is InChI=1S/C34H33N/c1-3-11-23(12-4-1)27-17-9-10-18-28(27)29-19-20-30-33(29)31-21-24-13-7-8-14-25(24)22-32(31)34(30)35-26-15-5-2-6-16-26/h1,3-4,7-14,17-19,21-22,26,30,33-35H,2,5-6,15-16,20H2/t30-,33+,34-/m1/s1. The zero-order valence-corrected chi connectivity index (χ0v) is 20.3. The molecule has 0 aliphatic heterocycles. The Hall–Kier alpha value is -3.16. The fourth-order valence-corrected chi connectivity index (χ4v) is 7.15. The quantitative estimate of drug-likeness (QED) is 0.324. The lowest BCUT2D eigenvalue weighted by molar-refractivity contribution is 0.293. The molecule has 0 unspecified atom stereocenters. The normalized spacial score (nSPS) is 23.8. The van der Waals surface area contributed by atoms with Gasteiger partial charge in [0.25, 0.3) is 0 Å². The van der Waals surface area contributed by atoms with Crippen molar-refractivity contribution < 1.29 is 0 Å². The smallest absolute Gasteiger partial charge is 0.0366 e. The maximum atomic E-state index is 4.20. The van der Waals surface area contributed by atoms with Gasteiger partial charge in [-0.1, -0.05) is 110 Å². The molecule has 3 aliphatic rings. The Morgan fingerprint density at radius 1 is 0.629 bits per heavy atom. The number of nitrogens with one attached hydrogen (secondary N) is 1. The van der Waals surface area contributed by atoms with Gasteiger partial charge in [-0.05, 0) is 75.4 Å². The van der Waals surface area contributed by atoms with Crippen molar-refractivity contribution in [1.29, 1.82) is 0 Å². The van der Waals surface area contributed by atoms with Crippen LogP contribution in [0.1, 0.15) is 67.2 Å². The number of hydrogen-bond donors (Lipinski definition) is 1. The first-order valence-electron chi connectivity index (χ1n) is 13.5. The lowest BCUT2D eigenvalue weighted by Gasteiger charge is -2.30. The zero-order chi connectivity index (χ0) is 23.2. The Balaban J connectivity index is 1.34. The van der Waals surface area contributed by atoms with E-state index in [-0.39, 0.29) is 0 Å². The van der Waals surface area contributed by atoms with E-state index in [1.54, 1.807) is 11.1 Å². The highest BCUT2D eigenvalue weighted by atomic mass is 15.0. The minimum Gasteiger partial charge on any atom is -0.307 e. The molecule has 35 heavy (non-hydrogen) atoms. The molecule has 0 radical (unpaired) electrons. The van der Waals surface area contributed by atoms with Crippen LogP contribution in [-0.2, 0) is 0 Å². The summed E-state index contributed by atoms with van der Waals surface area (Å²) in [6, 6.07) is 35.0. The summed E-state index contributed by atoms with van der Waals surface area (Å²) in [5.41, 5.74) is 8.69. The van der Waals surface area contributed by atoms with Crippen LogP contribution in [0.3, 0.4) is 0 Å². The molecule has 1 heteroatoms. The molecule has 0 amide bonds. The van der Waals surface area contributed by atoms with Crippen LogP contribution in [-0.4, -0.2) is 6.04 Å². The number of rotatable bonds is 4. The highest BCUT2D eigenvalue weighted by Gasteiger charge is 2.46. The summed E-state index contributed by atoms with van der Waals surface area (Å²) in [6.45, 7) is 0. The second-order valence-corrected chi connectivity index (χ2v) is 10.8. The van der Waals surface area contributed by atoms with E-state index in [9.17, 15) is 0 Å². The molecule has 0 aromatic heterocycles. The molecule has 0 heterocycles. The van der Waals surface area contributed by atoms with Gasteiger partial charge in [-0.2, -0.15) is 0 Å². The predicted octanol–water partition coefficient (Wildman–Crippen LogP) is 8.67. The van der Waals surface area contributed by atoms with Gasteiger partial charge in [0.2, 0.25) is 0 Å². The Morgan fingerprint density at radius 2 is 1.29 bits per heavy atom. The van der Waals surface area contributed by atoms with Crippen LogP contribution < -0.4 is 5.32 Å². The SMILES string of the molecule is C1=C(c2ccccc2-c2ccccc2)[C@@H]2c3cc4ccccc4cc3[C@H](NC3CCCCC3)[C@@H]2C1. The third kappa shape index (κ3) is 3.65. The topological polar surface area (TPSA) is 12.0 Å². The van der Waals surface area contributed by atoms with Gasteiger partial charge in [-0.3, -0.25) is 0 Å². The molecule has 1 saturated carbocycles. The third-order valence-electron chi connectivity index (χ3n) is 8.77. The number of fused-ring (bicyclic) bond motifs is 4. The van der Waals surface area contributed by atoms with Crippen LogP contribution in [0.2, 0.25) is 0 Å². The van der Waals surface area contributed by atoms with Crippen molar-refractivity contribution in [3.05, 3.63) is 114 Å². The van der Waals surface area contributed by atoms with Gasteiger partial charge in [-0.25, -0.2) is 0 Å². The Bertz CT molecular complexity index is 1390. The van der Waals surface area contributed by atoms with Crippen LogP contribution in [0.25, 0.3) is 27.5 Å². The highest BCUT2D eigenvalue weighted by Crippen LogP contribution is 2.58. The summed E-state index contributed by atoms with van der Waals surface area (Å²) in [6.07, 6.45) is 10.5. The van der Waals surface area contributed by atoms with Gasteiger partial charge in [0.05, 0.1) is 0 Å². The molecule has 1 N–H and O–H groups in total. The maximum absolute atomic E-state index is 4.20. The van der Waals surface area contributed by atoms with Crippen molar-refractivity contribution in [3.8, 4) is 11.1 Å². The molecular weight excluding hydrogens is 422 g/mol. The van der Waals surface area contributed by atoms with E-state index in [2.05, 4.69) is 102 Å². The summed E-state index contributed by atoms with van der Waals surface area (Å²) in [5.74, 6) is 1.06. The summed E-state index contributed by atoms with van der Waals surface area (Å²) in [7, 11) is 0. The molecule has 1 nitrogen and oxygen atoms in total. The van der Waals surface area contributed by atoms with Crippen molar-refractivity contribution in [2.75, 3.05) is 0 Å². The number of allylic oxidation sites excluding steroid dienone is 2. The van der Waals surface area contributed by atoms with Crippen molar-refractivity contribution in [2.45, 2.75) is 56.5 Å². The largest absolute Gasteiger partial charge is 0.307 e. The molecule has 4 aromatic rings. The minimum absolute atomic E-state index is 0.445. The second-order valence-electron chi connectivity index (χ2n) is 10.8. The Kier molecular flexibility index (Phi) is 5.32. The first kappa shape index (κ1) is 21.1. The first-order valence-corrected chi connectivity index (χ1v) is 13.5. The van der Waals surface area contributed by atoms with E-state index in [0.717, 1.165) is 6.42 Å². The van der Waals surface area contributed by atoms with Crippen LogP contribution >= 0.6 is 0 Å². The Morgan fingerprint density at radius 3 is 2.06 bits per heavy atom. The lowest BCUT2D eigenvalue weighted by atomic mass is 9.83. The monoisotopic (exact) mass is 455 g/mol. The molecule has 7 rings (SSSR count). The van der Waals surface area contributed by atoms with Gasteiger partial charge in [0, 0.05) is 18.0 Å². The van der Waals surface area contributed by atoms with E-state index in [1.807, 2.05) is 0 Å². The predicted molar refractivity (Wildman–Crippen MR) is 147 cm³/mol. The van der Waals surface area contributed by atoms with E-state index >= 15 is 0 Å². The first-order chi connectivity index (χ1) is 17.4. The molecular formula is C34H33N. The highest BCUT2D eigenvalue weighted by molar-refractivity contribution is 5.90. The molecule has 0 saturated heterocycles. The van der Waals surface area contributed by atoms with Crippen LogP contribution in [0, 0.1) is 5.92 Å². The Labute approximate surface area is 208 Å². The van der Waals surface area contributed by atoms with Crippen molar-refractivity contribution >= 4 is 16.3 Å². The zero-order valence-electron chi connectivity index (χ0n) is 20.3. The van der Waals surface area contributed by atoms with E-state index < -0.39 is 0 Å². The second kappa shape index (κ2) is 8.81. The average molecular weight is 456 g/mol. The molecule has 3 aliphatic carbocycles. The average Bonchev–Trinajstić information content (AvgIpc) is 3.48. The maximum Gasteiger partial charge on any atom is 0.0366 e. The molecule has 4 aromatic carbocycles. The fraction of sp³-hybridized carbons (Fsp3) is 0.294. The van der Waals surface area contributed by atoms with Gasteiger partial charge in [0.15, 0.2) is 0 Å². The lowest BCUT2D eigenvalue weighted by Crippen LogP contribution is -2.36. The molecule has 3 atom stereocenters. The summed E-state index contributed by atoms with van der Waals surface area (Å²) >= 11 is 0. The van der Waals surface area contributed by atoms with E-state index in [1.165, 1.54) is 65.1 Å². The van der Waals surface area contributed by atoms with Gasteiger partial charge >= 0.3 is 0 Å². The molecule has 174 valence electrons. The van der Waals surface area contributed by atoms with Gasteiger partial charge < -0.3 is 5.32 Å². The van der Waals surface area contributed by atoms with Crippen LogP contribution in [0.15, 0.2) is 97.1 Å². The van der Waals surface area contributed by atoms with Crippen molar-refractivity contribution in [1.82, 2.24) is 5.32 Å². The minimum atomic E-state index is 0.445. The van der Waals surface area contributed by atoms with Gasteiger partial charge in [-0.15, -0.1) is 0 Å². The van der Waals surface area contributed by atoms with E-state index in [4.69, 9.17) is 0 Å². The fourth-order valence-electron chi connectivity index (χ4n) is 7.15. The summed E-state index contributed by atoms with van der Waals surface area (Å²) in [4.78, 5) is 0. The number of benzene rings is 4. The van der Waals surface area contributed by atoms with Crippen LogP contribution in [0.5, 0.6) is 0 Å². The van der Waals surface area contributed by atoms with Crippen molar-refractivity contribution in [3.63, 3.8) is 0 Å². The third-order valence-corrected chi connectivity index (χ3v) is 8.77. The van der Waals surface area contributed by atoms with E-state index in [0.29, 0.717) is 23.9 Å².